The molecule has 0 aliphatic heterocycles. The molecule has 0 bridgehead atoms. The predicted octanol–water partition coefficient (Wildman–Crippen LogP) is 5.83. The van der Waals surface area contributed by atoms with Crippen LogP contribution in [0.2, 0.25) is 10.0 Å². The number of aromatic nitrogens is 2. The number of rotatable bonds is 4. The number of carbonyl (C=O) groups is 2. The number of hydrogen-bond acceptors (Lipinski definition) is 4. The number of aryl methyl sites for hydroxylation is 2. The summed E-state index contributed by atoms with van der Waals surface area (Å²) in [7, 11) is 1.56. The Kier molecular flexibility index (Phi) is 6.31. The van der Waals surface area contributed by atoms with Crippen molar-refractivity contribution in [2.75, 3.05) is 12.4 Å². The third-order valence-corrected chi connectivity index (χ3v) is 5.90. The highest BCUT2D eigenvalue weighted by Gasteiger charge is 2.18. The van der Waals surface area contributed by atoms with Crippen molar-refractivity contribution in [1.82, 2.24) is 15.3 Å². The number of hydrogen-bond donors (Lipinski definition) is 2. The van der Waals surface area contributed by atoms with Crippen LogP contribution in [-0.4, -0.2) is 28.8 Å². The Balaban J connectivity index is 1.80. The third kappa shape index (κ3) is 4.67. The van der Waals surface area contributed by atoms with E-state index in [2.05, 4.69) is 15.6 Å². The molecule has 1 heterocycles. The summed E-state index contributed by atoms with van der Waals surface area (Å²) in [5.41, 5.74) is 4.53. The van der Waals surface area contributed by atoms with Gasteiger partial charge in [-0.1, -0.05) is 34.8 Å². The monoisotopic (exact) mass is 478 g/mol. The lowest BCUT2D eigenvalue weighted by Crippen LogP contribution is -2.18. The number of amides is 2. The topological polar surface area (TPSA) is 84.0 Å². The fourth-order valence-corrected chi connectivity index (χ4v) is 3.86. The van der Waals surface area contributed by atoms with Crippen molar-refractivity contribution >= 4 is 51.6 Å². The molecule has 0 aliphatic rings. The van der Waals surface area contributed by atoms with E-state index < -0.39 is 0 Å². The maximum Gasteiger partial charge on any atom is 0.275 e. The summed E-state index contributed by atoms with van der Waals surface area (Å²) in [6.45, 7) is 3.90. The SMILES string of the molecule is CNC(=O)c1ccc(NC(=O)c2nc(-c3ccc(Cl)c(Cl)c3)nc3c(C)cc(C)cc23)cc1. The molecule has 0 saturated carbocycles. The van der Waals surface area contributed by atoms with Gasteiger partial charge in [0.15, 0.2) is 5.82 Å². The van der Waals surface area contributed by atoms with Gasteiger partial charge in [0, 0.05) is 29.2 Å². The molecule has 2 N–H and O–H groups in total. The molecule has 0 saturated heterocycles. The van der Waals surface area contributed by atoms with Gasteiger partial charge >= 0.3 is 0 Å². The molecule has 0 atom stereocenters. The Labute approximate surface area is 201 Å². The summed E-state index contributed by atoms with van der Waals surface area (Å²) in [5, 5.41) is 6.88. The fourth-order valence-electron chi connectivity index (χ4n) is 3.56. The molecule has 8 heteroatoms. The van der Waals surface area contributed by atoms with Crippen LogP contribution < -0.4 is 10.6 Å². The lowest BCUT2D eigenvalue weighted by Gasteiger charge is -2.12. The smallest absolute Gasteiger partial charge is 0.275 e. The first-order chi connectivity index (χ1) is 15.8. The van der Waals surface area contributed by atoms with Gasteiger partial charge in [0.05, 0.1) is 15.6 Å². The minimum absolute atomic E-state index is 0.202. The van der Waals surface area contributed by atoms with Crippen LogP contribution in [-0.2, 0) is 0 Å². The molecule has 6 nitrogen and oxygen atoms in total. The van der Waals surface area contributed by atoms with Crippen molar-refractivity contribution in [2.45, 2.75) is 13.8 Å². The van der Waals surface area contributed by atoms with Gasteiger partial charge in [0.1, 0.15) is 5.69 Å². The van der Waals surface area contributed by atoms with E-state index in [1.807, 2.05) is 26.0 Å². The first kappa shape index (κ1) is 22.7. The van der Waals surface area contributed by atoms with Crippen LogP contribution in [0.3, 0.4) is 0 Å². The van der Waals surface area contributed by atoms with Crippen LogP contribution in [0.4, 0.5) is 5.69 Å². The molecular weight excluding hydrogens is 459 g/mol. The second kappa shape index (κ2) is 9.17. The molecule has 0 spiro atoms. The van der Waals surface area contributed by atoms with E-state index in [0.29, 0.717) is 43.6 Å². The number of nitrogens with one attached hydrogen (secondary N) is 2. The van der Waals surface area contributed by atoms with Crippen molar-refractivity contribution in [3.8, 4) is 11.4 Å². The maximum atomic E-state index is 13.3. The van der Waals surface area contributed by atoms with Gasteiger partial charge in [-0.25, -0.2) is 9.97 Å². The van der Waals surface area contributed by atoms with E-state index in [9.17, 15) is 9.59 Å². The predicted molar refractivity (Wildman–Crippen MR) is 132 cm³/mol. The zero-order chi connectivity index (χ0) is 23.7. The van der Waals surface area contributed by atoms with Crippen LogP contribution in [0, 0.1) is 13.8 Å². The van der Waals surface area contributed by atoms with Crippen LogP contribution >= 0.6 is 23.2 Å². The van der Waals surface area contributed by atoms with Crippen molar-refractivity contribution in [2.24, 2.45) is 0 Å². The van der Waals surface area contributed by atoms with Crippen molar-refractivity contribution < 1.29 is 9.59 Å². The zero-order valence-electron chi connectivity index (χ0n) is 18.2. The number of nitrogens with zero attached hydrogens (tertiary/aromatic N) is 2. The second-order valence-corrected chi connectivity index (χ2v) is 8.43. The molecule has 0 radical (unpaired) electrons. The van der Waals surface area contributed by atoms with E-state index in [1.54, 1.807) is 49.5 Å². The van der Waals surface area contributed by atoms with Gasteiger partial charge in [0.25, 0.3) is 11.8 Å². The summed E-state index contributed by atoms with van der Waals surface area (Å²) < 4.78 is 0. The second-order valence-electron chi connectivity index (χ2n) is 7.61. The summed E-state index contributed by atoms with van der Waals surface area (Å²) in [6, 6.07) is 15.6. The Bertz CT molecular complexity index is 1400. The number of fused-ring (bicyclic) bond motifs is 1. The first-order valence-corrected chi connectivity index (χ1v) is 10.9. The molecule has 3 aromatic carbocycles. The molecule has 0 unspecified atom stereocenters. The highest BCUT2D eigenvalue weighted by molar-refractivity contribution is 6.42. The molecule has 1 aromatic heterocycles. The van der Waals surface area contributed by atoms with Crippen LogP contribution in [0.1, 0.15) is 32.0 Å². The van der Waals surface area contributed by atoms with E-state index in [1.165, 1.54) is 0 Å². The van der Waals surface area contributed by atoms with Gasteiger partial charge in [-0.05, 0) is 67.9 Å². The lowest BCUT2D eigenvalue weighted by molar-refractivity contribution is 0.0962. The molecule has 0 fully saturated rings. The van der Waals surface area contributed by atoms with Crippen LogP contribution in [0.5, 0.6) is 0 Å². The average molecular weight is 479 g/mol. The van der Waals surface area contributed by atoms with Gasteiger partial charge in [-0.15, -0.1) is 0 Å². The van der Waals surface area contributed by atoms with E-state index >= 15 is 0 Å². The third-order valence-electron chi connectivity index (χ3n) is 5.16. The Hall–Kier alpha value is -3.48. The van der Waals surface area contributed by atoms with Gasteiger partial charge in [0.2, 0.25) is 0 Å². The minimum atomic E-state index is -0.388. The number of benzene rings is 3. The Morgan fingerprint density at radius 3 is 2.24 bits per heavy atom. The zero-order valence-corrected chi connectivity index (χ0v) is 19.7. The summed E-state index contributed by atoms with van der Waals surface area (Å²) in [4.78, 5) is 34.4. The average Bonchev–Trinajstić information content (AvgIpc) is 2.80. The van der Waals surface area contributed by atoms with Gasteiger partial charge < -0.3 is 10.6 Å². The van der Waals surface area contributed by atoms with Crippen molar-refractivity contribution in [3.05, 3.63) is 87.0 Å². The first-order valence-electron chi connectivity index (χ1n) is 10.1. The molecule has 0 aliphatic carbocycles. The van der Waals surface area contributed by atoms with Gasteiger partial charge in [-0.2, -0.15) is 0 Å². The Morgan fingerprint density at radius 1 is 0.848 bits per heavy atom. The quantitative estimate of drug-likeness (QED) is 0.386. The van der Waals surface area contributed by atoms with Gasteiger partial charge in [-0.3, -0.25) is 9.59 Å². The number of carbonyl (C=O) groups excluding carboxylic acids is 2. The molecule has 4 aromatic rings. The van der Waals surface area contributed by atoms with Crippen LogP contribution in [0.15, 0.2) is 54.6 Å². The maximum absolute atomic E-state index is 13.3. The highest BCUT2D eigenvalue weighted by Crippen LogP contribution is 2.30. The van der Waals surface area contributed by atoms with Crippen molar-refractivity contribution in [3.63, 3.8) is 0 Å². The summed E-state index contributed by atoms with van der Waals surface area (Å²) in [5.74, 6) is -0.221. The lowest BCUT2D eigenvalue weighted by atomic mass is 10.0. The molecule has 2 amide bonds. The fraction of sp³-hybridized carbons (Fsp3) is 0.120. The Morgan fingerprint density at radius 2 is 1.58 bits per heavy atom. The van der Waals surface area contributed by atoms with Crippen molar-refractivity contribution in [1.29, 1.82) is 0 Å². The largest absolute Gasteiger partial charge is 0.355 e. The number of anilines is 1. The standard InChI is InChI=1S/C25H20Cl2N4O2/c1-13-10-14(2)21-18(11-13)22(31-23(30-21)16-6-9-19(26)20(27)12-16)25(33)29-17-7-4-15(5-8-17)24(32)28-3/h4-12H,1-3H3,(H,28,32)(H,29,33). The molecular formula is C25H20Cl2N4O2. The summed E-state index contributed by atoms with van der Waals surface area (Å²) in [6.07, 6.45) is 0. The minimum Gasteiger partial charge on any atom is -0.355 e. The molecule has 33 heavy (non-hydrogen) atoms. The molecule has 166 valence electrons. The van der Waals surface area contributed by atoms with E-state index in [-0.39, 0.29) is 17.5 Å². The van der Waals surface area contributed by atoms with Crippen LogP contribution in [0.25, 0.3) is 22.3 Å². The normalized spacial score (nSPS) is 10.8. The summed E-state index contributed by atoms with van der Waals surface area (Å²) >= 11 is 12.2. The van der Waals surface area contributed by atoms with E-state index in [0.717, 1.165) is 11.1 Å². The number of halogens is 2. The molecule has 4 rings (SSSR count). The highest BCUT2D eigenvalue weighted by atomic mass is 35.5. The van der Waals surface area contributed by atoms with E-state index in [4.69, 9.17) is 28.2 Å².